The van der Waals surface area contributed by atoms with Crippen molar-refractivity contribution in [1.29, 1.82) is 0 Å². The van der Waals surface area contributed by atoms with Gasteiger partial charge in [0.05, 0.1) is 10.2 Å². The standard InChI is InChI=1S/C68H66O14Se2Te4.2C6H6.2NO3/c1-69-51-19-35-61(36-20-51)85(62-37-21-52(70-2)22-38-62)77-83(59-15-11-9-12-16-59)78-87(65-43-27-55(73-5)28-44-65,66-45-29-56(74-6)30-46-66)82-88(67-47-31-57(75-7)32-48-67,68-49-33-58(76-8)34-50-68)80-84(60-17-13-10-14-18-60)79-86(81-85,63-39-23-53(71-3)24-40-63)64-41-25-54(72-4)26-42-64;2*1-2-4-6-5-3-1;2*2-1(3)4/h9-50H,1-8H3;2*1-6H;;/q+2;;;2*-1. The van der Waals surface area contributed by atoms with Crippen LogP contribution < -0.4 is 75.7 Å². The van der Waals surface area contributed by atoms with Crippen molar-refractivity contribution in [2.24, 2.45) is 0 Å². The van der Waals surface area contributed by atoms with Crippen molar-refractivity contribution in [3.05, 3.63) is 358 Å². The number of methoxy groups -OCH3 is 8. The van der Waals surface area contributed by atoms with Gasteiger partial charge in [0.2, 0.25) is 0 Å². The molecule has 22 nitrogen and oxygen atoms in total. The largest absolute Gasteiger partial charge is 0.356 e. The molecule has 0 N–H and O–H groups in total. The van der Waals surface area contributed by atoms with E-state index in [-0.39, 0.29) is 0 Å². The number of nitrogens with zero attached hydrogens (tertiary/aromatic N) is 2. The molecule has 12 aromatic rings. The van der Waals surface area contributed by atoms with Gasteiger partial charge in [-0.15, -0.1) is 0 Å². The first kappa shape index (κ1) is 83.4. The van der Waals surface area contributed by atoms with E-state index in [1.807, 2.05) is 206 Å². The topological polar surface area (TPSA) is 262 Å². The summed E-state index contributed by atoms with van der Waals surface area (Å²) in [4.78, 5) is 16.5. The molecule has 108 heavy (non-hydrogen) atoms. The minimum atomic E-state index is -5.42. The third kappa shape index (κ3) is 21.9. The predicted octanol–water partition coefficient (Wildman–Crippen LogP) is 8.88. The molecule has 0 saturated carbocycles. The molecule has 0 aromatic heterocycles. The maximum atomic E-state index is 8.93. The van der Waals surface area contributed by atoms with Gasteiger partial charge in [0.1, 0.15) is 0 Å². The Kier molecular flexibility index (Phi) is 32.3. The van der Waals surface area contributed by atoms with Crippen LogP contribution in [0, 0.1) is 30.6 Å². The molecule has 1 saturated heterocycles. The van der Waals surface area contributed by atoms with Crippen LogP contribution in [0.2, 0.25) is 0 Å². The van der Waals surface area contributed by atoms with E-state index in [1.165, 1.54) is 0 Å². The zero-order valence-electron chi connectivity index (χ0n) is 59.7. The van der Waals surface area contributed by atoms with Crippen molar-refractivity contribution in [2.45, 2.75) is 0 Å². The Labute approximate surface area is 657 Å². The van der Waals surface area contributed by atoms with Crippen molar-refractivity contribution < 1.29 is 59.7 Å². The summed E-state index contributed by atoms with van der Waals surface area (Å²) >= 11 is -28.4. The van der Waals surface area contributed by atoms with Crippen LogP contribution in [0.1, 0.15) is 0 Å². The molecule has 1 aliphatic rings. The Balaban J connectivity index is 0.000000589. The Morgan fingerprint density at radius 2 is 0.343 bits per heavy atom. The van der Waals surface area contributed by atoms with Crippen LogP contribution in [0.3, 0.4) is 0 Å². The van der Waals surface area contributed by atoms with Gasteiger partial charge in [-0.05, 0) is 0 Å². The quantitative estimate of drug-likeness (QED) is 0.0441. The van der Waals surface area contributed by atoms with Crippen LogP contribution in [0.15, 0.2) is 328 Å². The smallest absolute Gasteiger partial charge is 0.0689 e. The number of hydrogen-bond acceptors (Lipinski definition) is 20. The SMILES string of the molecule is COc1ccc([Te]2(c3ccc(OC)cc3)O[Se+](c3ccccc3)O[Te](c3ccc(OC)cc3)(c3ccc(OC)cc3)O[Te](c3ccc(OC)cc3)(c3ccc(OC)cc3)O[Se+](c3ccccc3)O[Te](c3ccc(OC)cc3)(c3ccc(OC)cc3)O2)cc1.O=[N+]([O-])[O-].O=[N+]([O-])[O-].c1ccccc1.c1ccccc1. The maximum absolute atomic E-state index is 8.93. The summed E-state index contributed by atoms with van der Waals surface area (Å²) in [5.41, 5.74) is 0. The van der Waals surface area contributed by atoms with Crippen LogP contribution in [0.5, 0.6) is 46.0 Å². The molecule has 0 bridgehead atoms. The zero-order valence-corrected chi connectivity index (χ0v) is 72.4. The molecule has 0 aliphatic carbocycles. The van der Waals surface area contributed by atoms with Crippen LogP contribution in [0.4, 0.5) is 0 Å². The molecule has 0 atom stereocenters. The number of hydrogen-bond donors (Lipinski definition) is 0. The molecular weight excluding hydrogens is 1980 g/mol. The van der Waals surface area contributed by atoms with E-state index >= 15 is 0 Å². The van der Waals surface area contributed by atoms with Crippen LogP contribution >= 0.6 is 0 Å². The molecule has 1 fully saturated rings. The fourth-order valence-electron chi connectivity index (χ4n) is 9.89. The average molecular weight is 2060 g/mol. The molecule has 12 aromatic carbocycles. The third-order valence-electron chi connectivity index (χ3n) is 15.2. The number of benzene rings is 12. The van der Waals surface area contributed by atoms with Crippen LogP contribution in [-0.2, 0) is 11.7 Å². The maximum Gasteiger partial charge on any atom is 0.0689 e. The molecule has 1 heterocycles. The van der Waals surface area contributed by atoms with Gasteiger partial charge >= 0.3 is 550 Å². The van der Waals surface area contributed by atoms with Gasteiger partial charge in [-0.3, -0.25) is 0 Å². The first-order valence-electron chi connectivity index (χ1n) is 32.4. The second-order valence-electron chi connectivity index (χ2n) is 21.7. The molecule has 13 rings (SSSR count). The van der Waals surface area contributed by atoms with Gasteiger partial charge in [-0.1, -0.05) is 72.8 Å². The number of ether oxygens (including phenoxy) is 8. The molecule has 0 unspecified atom stereocenters. The fourth-order valence-corrected chi connectivity index (χ4v) is 95.2. The molecule has 0 spiro atoms. The molecule has 1 aliphatic heterocycles. The molecule has 0 radical (unpaired) electrons. The number of rotatable bonds is 18. The van der Waals surface area contributed by atoms with Gasteiger partial charge < -0.3 is 30.6 Å². The van der Waals surface area contributed by atoms with Gasteiger partial charge in [0.15, 0.2) is 0 Å². The summed E-state index contributed by atoms with van der Waals surface area (Å²) < 4.78 is 108. The van der Waals surface area contributed by atoms with Gasteiger partial charge in [0, 0.05) is 0 Å². The average Bonchev–Trinajstić information content (AvgIpc) is 0.715. The summed E-state index contributed by atoms with van der Waals surface area (Å²) in [6, 6.07) is 109. The second kappa shape index (κ2) is 41.8. The van der Waals surface area contributed by atoms with E-state index < -0.39 is 115 Å². The van der Waals surface area contributed by atoms with Gasteiger partial charge in [0.25, 0.3) is 0 Å². The van der Waals surface area contributed by atoms with E-state index in [0.717, 1.165) is 37.8 Å². The van der Waals surface area contributed by atoms with E-state index in [9.17, 15) is 0 Å². The molecular formula is C80H78N2O20Se2Te4. The van der Waals surface area contributed by atoms with Crippen molar-refractivity contribution in [3.63, 3.8) is 0 Å². The summed E-state index contributed by atoms with van der Waals surface area (Å²) in [5, 5.41) is 29.5. The first-order valence-corrected chi connectivity index (χ1v) is 53.9. The van der Waals surface area contributed by atoms with Crippen LogP contribution in [0.25, 0.3) is 0 Å². The van der Waals surface area contributed by atoms with Crippen molar-refractivity contribution >= 4 is 143 Å². The van der Waals surface area contributed by atoms with Crippen molar-refractivity contribution in [3.8, 4) is 46.0 Å². The van der Waals surface area contributed by atoms with Crippen molar-refractivity contribution in [1.82, 2.24) is 0 Å². The molecule has 28 heteroatoms. The third-order valence-corrected chi connectivity index (χ3v) is 76.5. The summed E-state index contributed by atoms with van der Waals surface area (Å²) in [6.45, 7) is 0. The molecule has 0 amide bonds. The second-order valence-corrected chi connectivity index (χ2v) is 63.1. The Bertz CT molecular complexity index is 3890. The van der Waals surface area contributed by atoms with E-state index in [0.29, 0.717) is 46.0 Å². The summed E-state index contributed by atoms with van der Waals surface area (Å²) in [5.74, 6) is 5.20. The van der Waals surface area contributed by atoms with E-state index in [1.54, 1.807) is 56.9 Å². The predicted molar refractivity (Wildman–Crippen MR) is 428 cm³/mol. The Morgan fingerprint density at radius 1 is 0.222 bits per heavy atom. The van der Waals surface area contributed by atoms with Crippen LogP contribution in [-0.4, -0.2) is 172 Å². The van der Waals surface area contributed by atoms with E-state index in [2.05, 4.69) is 121 Å². The monoisotopic (exact) mass is 2070 g/mol. The first-order chi connectivity index (χ1) is 52.5. The minimum absolute atomic E-state index is 0.650. The normalized spacial score (nSPS) is 16.3. The molecule has 564 valence electrons. The van der Waals surface area contributed by atoms with Gasteiger partial charge in [-0.2, -0.15) is 0 Å². The minimum Gasteiger partial charge on any atom is -0.356 e. The summed E-state index contributed by atoms with van der Waals surface area (Å²) in [6.07, 6.45) is 0. The Morgan fingerprint density at radius 3 is 0.463 bits per heavy atom. The van der Waals surface area contributed by atoms with Gasteiger partial charge in [-0.25, -0.2) is 0 Å². The zero-order chi connectivity index (χ0) is 76.8. The Hall–Kier alpha value is -8.60. The fraction of sp³-hybridized carbons (Fsp3) is 0.100. The van der Waals surface area contributed by atoms with Crippen molar-refractivity contribution in [2.75, 3.05) is 56.9 Å². The summed E-state index contributed by atoms with van der Waals surface area (Å²) in [7, 11) is 13.3. The van der Waals surface area contributed by atoms with E-state index in [4.69, 9.17) is 80.2 Å².